The van der Waals surface area contributed by atoms with Crippen molar-refractivity contribution >= 4 is 22.6 Å². The molecule has 0 saturated heterocycles. The summed E-state index contributed by atoms with van der Waals surface area (Å²) in [5, 5.41) is 13.1. The molecule has 82 valence electrons. The standard InChI is InChI=1S/C11H16ClN3/c1-3-9-6-4-5-7-10(9)14-8(2)15-11(12)13/h4-8,14H,3H2,1-2H3,(H2,13,15). The number of anilines is 1. The predicted octanol–water partition coefficient (Wildman–Crippen LogP) is 2.77. The number of nitrogens with one attached hydrogen (secondary N) is 3. The average Bonchev–Trinajstić information content (AvgIpc) is 2.17. The first-order valence-corrected chi connectivity index (χ1v) is 5.36. The zero-order valence-corrected chi connectivity index (χ0v) is 9.73. The second kappa shape index (κ2) is 5.61. The normalized spacial score (nSPS) is 11.9. The maximum atomic E-state index is 7.10. The first-order valence-electron chi connectivity index (χ1n) is 4.98. The van der Waals surface area contributed by atoms with Crippen LogP contribution in [0.4, 0.5) is 5.69 Å². The van der Waals surface area contributed by atoms with E-state index in [2.05, 4.69) is 23.6 Å². The molecule has 0 amide bonds. The lowest BCUT2D eigenvalue weighted by Gasteiger charge is -2.18. The molecule has 3 N–H and O–H groups in total. The maximum absolute atomic E-state index is 7.10. The Morgan fingerprint density at radius 3 is 2.73 bits per heavy atom. The van der Waals surface area contributed by atoms with Crippen LogP contribution < -0.4 is 10.6 Å². The van der Waals surface area contributed by atoms with E-state index in [0.29, 0.717) is 0 Å². The number of rotatable bonds is 4. The monoisotopic (exact) mass is 225 g/mol. The van der Waals surface area contributed by atoms with Gasteiger partial charge in [-0.1, -0.05) is 25.1 Å². The summed E-state index contributed by atoms with van der Waals surface area (Å²) < 4.78 is 0. The number of hydrogen-bond donors (Lipinski definition) is 3. The highest BCUT2D eigenvalue weighted by Crippen LogP contribution is 2.15. The zero-order chi connectivity index (χ0) is 11.3. The first-order chi connectivity index (χ1) is 7.13. The van der Waals surface area contributed by atoms with Crippen molar-refractivity contribution in [2.75, 3.05) is 5.32 Å². The van der Waals surface area contributed by atoms with Crippen molar-refractivity contribution in [1.82, 2.24) is 5.32 Å². The molecule has 0 spiro atoms. The molecule has 4 heteroatoms. The second-order valence-corrected chi connectivity index (χ2v) is 3.71. The Kier molecular flexibility index (Phi) is 4.43. The summed E-state index contributed by atoms with van der Waals surface area (Å²) in [7, 11) is 0. The van der Waals surface area contributed by atoms with Gasteiger partial charge in [-0.25, -0.2) is 0 Å². The Hall–Kier alpha value is -1.22. The van der Waals surface area contributed by atoms with Crippen LogP contribution in [0, 0.1) is 5.41 Å². The Morgan fingerprint density at radius 1 is 1.47 bits per heavy atom. The number of aryl methyl sites for hydroxylation is 1. The van der Waals surface area contributed by atoms with Gasteiger partial charge in [-0.15, -0.1) is 0 Å². The fourth-order valence-electron chi connectivity index (χ4n) is 1.43. The molecule has 0 aromatic heterocycles. The van der Waals surface area contributed by atoms with Crippen molar-refractivity contribution in [3.8, 4) is 0 Å². The number of hydrogen-bond acceptors (Lipinski definition) is 2. The molecule has 1 rings (SSSR count). The summed E-state index contributed by atoms with van der Waals surface area (Å²) in [5.41, 5.74) is 2.34. The van der Waals surface area contributed by atoms with Crippen molar-refractivity contribution < 1.29 is 0 Å². The molecule has 1 unspecified atom stereocenters. The lowest BCUT2D eigenvalue weighted by atomic mass is 10.1. The highest BCUT2D eigenvalue weighted by Gasteiger charge is 2.04. The van der Waals surface area contributed by atoms with Crippen LogP contribution in [0.2, 0.25) is 0 Å². The van der Waals surface area contributed by atoms with Crippen LogP contribution >= 0.6 is 11.6 Å². The van der Waals surface area contributed by atoms with Gasteiger partial charge in [0.05, 0.1) is 6.17 Å². The molecule has 1 atom stereocenters. The topological polar surface area (TPSA) is 47.9 Å². The van der Waals surface area contributed by atoms with Gasteiger partial charge in [-0.2, -0.15) is 0 Å². The van der Waals surface area contributed by atoms with E-state index in [1.807, 2.05) is 25.1 Å². The van der Waals surface area contributed by atoms with Gasteiger partial charge in [0.15, 0.2) is 5.29 Å². The van der Waals surface area contributed by atoms with Crippen LogP contribution in [-0.4, -0.2) is 11.5 Å². The molecule has 1 aromatic rings. The minimum atomic E-state index is -0.0531. The molecule has 0 aliphatic carbocycles. The number of halogens is 1. The summed E-state index contributed by atoms with van der Waals surface area (Å²) in [6, 6.07) is 8.11. The molecule has 0 radical (unpaired) electrons. The van der Waals surface area contributed by atoms with E-state index in [-0.39, 0.29) is 11.5 Å². The number of amidine groups is 1. The van der Waals surface area contributed by atoms with Crippen LogP contribution in [0.5, 0.6) is 0 Å². The fraction of sp³-hybridized carbons (Fsp3) is 0.364. The number of benzene rings is 1. The third-order valence-electron chi connectivity index (χ3n) is 2.11. The lowest BCUT2D eigenvalue weighted by Crippen LogP contribution is -2.35. The molecule has 3 nitrogen and oxygen atoms in total. The molecule has 0 heterocycles. The molecule has 0 fully saturated rings. The third kappa shape index (κ3) is 3.80. The number of para-hydroxylation sites is 1. The molecule has 0 aliphatic rings. The molecular formula is C11H16ClN3. The van der Waals surface area contributed by atoms with Crippen molar-refractivity contribution in [3.05, 3.63) is 29.8 Å². The van der Waals surface area contributed by atoms with Gasteiger partial charge in [0.2, 0.25) is 0 Å². The lowest BCUT2D eigenvalue weighted by molar-refractivity contribution is 0.751. The van der Waals surface area contributed by atoms with E-state index in [4.69, 9.17) is 17.0 Å². The highest BCUT2D eigenvalue weighted by molar-refractivity contribution is 6.63. The van der Waals surface area contributed by atoms with Gasteiger partial charge in [0, 0.05) is 5.69 Å². The third-order valence-corrected chi connectivity index (χ3v) is 2.22. The Labute approximate surface area is 95.3 Å². The second-order valence-electron chi connectivity index (χ2n) is 3.34. The van der Waals surface area contributed by atoms with E-state index in [1.165, 1.54) is 5.56 Å². The largest absolute Gasteiger partial charge is 0.365 e. The zero-order valence-electron chi connectivity index (χ0n) is 8.97. The summed E-state index contributed by atoms with van der Waals surface area (Å²) >= 11 is 5.44. The van der Waals surface area contributed by atoms with Crippen LogP contribution in [0.1, 0.15) is 19.4 Å². The van der Waals surface area contributed by atoms with Crippen LogP contribution in [0.3, 0.4) is 0 Å². The van der Waals surface area contributed by atoms with Gasteiger partial charge in [0.25, 0.3) is 0 Å². The van der Waals surface area contributed by atoms with Crippen molar-refractivity contribution in [1.29, 1.82) is 5.41 Å². The quantitative estimate of drug-likeness (QED) is 0.319. The van der Waals surface area contributed by atoms with E-state index in [9.17, 15) is 0 Å². The SMILES string of the molecule is CCc1ccccc1NC(C)NC(=N)Cl. The minimum absolute atomic E-state index is 0.0519. The Morgan fingerprint density at radius 2 is 2.13 bits per heavy atom. The molecule has 0 saturated carbocycles. The van der Waals surface area contributed by atoms with E-state index >= 15 is 0 Å². The van der Waals surface area contributed by atoms with Gasteiger partial charge in [-0.05, 0) is 36.6 Å². The highest BCUT2D eigenvalue weighted by atomic mass is 35.5. The molecule has 1 aromatic carbocycles. The van der Waals surface area contributed by atoms with Gasteiger partial charge in [0.1, 0.15) is 0 Å². The smallest absolute Gasteiger partial charge is 0.189 e. The van der Waals surface area contributed by atoms with Gasteiger partial charge < -0.3 is 10.6 Å². The predicted molar refractivity (Wildman–Crippen MR) is 65.6 cm³/mol. The summed E-state index contributed by atoms with van der Waals surface area (Å²) in [5.74, 6) is 0. The van der Waals surface area contributed by atoms with E-state index < -0.39 is 0 Å². The van der Waals surface area contributed by atoms with Gasteiger partial charge >= 0.3 is 0 Å². The molecular weight excluding hydrogens is 210 g/mol. The minimum Gasteiger partial charge on any atom is -0.365 e. The fourth-order valence-corrected chi connectivity index (χ4v) is 1.59. The Bertz CT molecular complexity index is 338. The van der Waals surface area contributed by atoms with Gasteiger partial charge in [-0.3, -0.25) is 5.41 Å². The average molecular weight is 226 g/mol. The van der Waals surface area contributed by atoms with Crippen molar-refractivity contribution in [2.24, 2.45) is 0 Å². The first kappa shape index (κ1) is 11.9. The summed E-state index contributed by atoms with van der Waals surface area (Å²) in [4.78, 5) is 0. The summed E-state index contributed by atoms with van der Waals surface area (Å²) in [6.45, 7) is 4.03. The summed E-state index contributed by atoms with van der Waals surface area (Å²) in [6.07, 6.45) is 0.927. The van der Waals surface area contributed by atoms with Crippen LogP contribution in [0.25, 0.3) is 0 Å². The Balaban J connectivity index is 2.67. The molecule has 15 heavy (non-hydrogen) atoms. The molecule has 0 bridgehead atoms. The van der Waals surface area contributed by atoms with E-state index in [0.717, 1.165) is 12.1 Å². The van der Waals surface area contributed by atoms with Crippen molar-refractivity contribution in [2.45, 2.75) is 26.4 Å². The maximum Gasteiger partial charge on any atom is 0.189 e. The van der Waals surface area contributed by atoms with E-state index in [1.54, 1.807) is 0 Å². The van der Waals surface area contributed by atoms with Crippen LogP contribution in [0.15, 0.2) is 24.3 Å². The van der Waals surface area contributed by atoms with Crippen molar-refractivity contribution in [3.63, 3.8) is 0 Å². The van der Waals surface area contributed by atoms with Crippen LogP contribution in [-0.2, 0) is 6.42 Å². The molecule has 0 aliphatic heterocycles.